The highest BCUT2D eigenvalue weighted by atomic mass is 15.0. The van der Waals surface area contributed by atoms with Crippen LogP contribution in [0.4, 0.5) is 0 Å². The van der Waals surface area contributed by atoms with Gasteiger partial charge in [-0.3, -0.25) is 0 Å². The summed E-state index contributed by atoms with van der Waals surface area (Å²) in [5.41, 5.74) is 1.08. The molecule has 0 amide bonds. The van der Waals surface area contributed by atoms with Crippen LogP contribution in [0.2, 0.25) is 0 Å². The predicted molar refractivity (Wildman–Crippen MR) is 36.9 cm³/mol. The molecule has 0 fully saturated rings. The molecule has 0 N–H and O–H groups in total. The third-order valence-electron chi connectivity index (χ3n) is 1.22. The quantitative estimate of drug-likeness (QED) is 0.551. The maximum atomic E-state index is 4.14. The van der Waals surface area contributed by atoms with Gasteiger partial charge in [0.05, 0.1) is 12.0 Å². The summed E-state index contributed by atoms with van der Waals surface area (Å²) in [5.74, 6) is 1.26. The Morgan fingerprint density at radius 3 is 2.44 bits per heavy atom. The lowest BCUT2D eigenvalue weighted by Crippen LogP contribution is -1.86. The van der Waals surface area contributed by atoms with Crippen molar-refractivity contribution in [1.82, 2.24) is 9.55 Å². The maximum absolute atomic E-state index is 4.14. The number of hydrogen-bond acceptors (Lipinski definition) is 1. The van der Waals surface area contributed by atoms with Gasteiger partial charge in [0.2, 0.25) is 0 Å². The first kappa shape index (κ1) is 6.33. The predicted octanol–water partition coefficient (Wildman–Crippen LogP) is 1.38. The van der Waals surface area contributed by atoms with Crippen LogP contribution in [0, 0.1) is 5.92 Å². The van der Waals surface area contributed by atoms with Crippen LogP contribution in [-0.4, -0.2) is 9.55 Å². The standard InChI is InChI=1S/C7H11N2/c1-6(2)7-4-9(3)5-8-7/h4-5H,1-3H3. The molecular formula is C7H11N2. The fourth-order valence-electron chi connectivity index (χ4n) is 0.671. The van der Waals surface area contributed by atoms with Crippen molar-refractivity contribution in [2.75, 3.05) is 0 Å². The Kier molecular flexibility index (Phi) is 1.56. The number of aromatic nitrogens is 2. The van der Waals surface area contributed by atoms with Crippen LogP contribution in [0.5, 0.6) is 0 Å². The van der Waals surface area contributed by atoms with E-state index in [-0.39, 0.29) is 0 Å². The monoisotopic (exact) mass is 123 g/mol. The smallest absolute Gasteiger partial charge is 0.0947 e. The molecule has 1 heterocycles. The van der Waals surface area contributed by atoms with Crippen LogP contribution in [0.25, 0.3) is 0 Å². The first-order valence-corrected chi connectivity index (χ1v) is 2.98. The van der Waals surface area contributed by atoms with Gasteiger partial charge in [-0.15, -0.1) is 0 Å². The number of rotatable bonds is 1. The minimum absolute atomic E-state index is 1.08. The van der Waals surface area contributed by atoms with Crippen molar-refractivity contribution in [1.29, 1.82) is 0 Å². The molecule has 0 atom stereocenters. The maximum Gasteiger partial charge on any atom is 0.0947 e. The fourth-order valence-corrected chi connectivity index (χ4v) is 0.671. The van der Waals surface area contributed by atoms with Crippen molar-refractivity contribution in [3.05, 3.63) is 24.1 Å². The van der Waals surface area contributed by atoms with Gasteiger partial charge in [0, 0.05) is 19.2 Å². The number of imidazole rings is 1. The van der Waals surface area contributed by atoms with E-state index in [2.05, 4.69) is 18.8 Å². The highest BCUT2D eigenvalue weighted by molar-refractivity contribution is 5.15. The van der Waals surface area contributed by atoms with E-state index in [4.69, 9.17) is 0 Å². The summed E-state index contributed by atoms with van der Waals surface area (Å²) in [4.78, 5) is 4.14. The van der Waals surface area contributed by atoms with Crippen molar-refractivity contribution in [3.8, 4) is 0 Å². The number of aryl methyl sites for hydroxylation is 1. The van der Waals surface area contributed by atoms with Crippen LogP contribution < -0.4 is 0 Å². The summed E-state index contributed by atoms with van der Waals surface area (Å²) < 4.78 is 1.95. The molecule has 0 spiro atoms. The van der Waals surface area contributed by atoms with Crippen LogP contribution in [0.15, 0.2) is 12.5 Å². The van der Waals surface area contributed by atoms with E-state index in [0.29, 0.717) is 0 Å². The van der Waals surface area contributed by atoms with Crippen LogP contribution in [0.3, 0.4) is 0 Å². The summed E-state index contributed by atoms with van der Waals surface area (Å²) >= 11 is 0. The molecule has 2 heteroatoms. The lowest BCUT2D eigenvalue weighted by molar-refractivity contribution is 0.912. The van der Waals surface area contributed by atoms with Gasteiger partial charge < -0.3 is 4.57 Å². The third-order valence-corrected chi connectivity index (χ3v) is 1.22. The molecule has 1 rings (SSSR count). The molecule has 0 aliphatic heterocycles. The van der Waals surface area contributed by atoms with Crippen molar-refractivity contribution < 1.29 is 0 Å². The lowest BCUT2D eigenvalue weighted by atomic mass is 10.2. The molecule has 0 aromatic carbocycles. The molecule has 0 aliphatic carbocycles. The van der Waals surface area contributed by atoms with Gasteiger partial charge in [0.1, 0.15) is 0 Å². The fraction of sp³-hybridized carbons (Fsp3) is 0.429. The van der Waals surface area contributed by atoms with Crippen LogP contribution >= 0.6 is 0 Å². The molecule has 1 radical (unpaired) electrons. The first-order chi connectivity index (χ1) is 4.20. The minimum atomic E-state index is 1.08. The average molecular weight is 123 g/mol. The molecule has 2 nitrogen and oxygen atoms in total. The second-order valence-corrected chi connectivity index (χ2v) is 2.42. The molecule has 9 heavy (non-hydrogen) atoms. The molecule has 0 bridgehead atoms. The van der Waals surface area contributed by atoms with Gasteiger partial charge in [-0.1, -0.05) is 13.8 Å². The third kappa shape index (κ3) is 1.31. The summed E-state index contributed by atoms with van der Waals surface area (Å²) in [6, 6.07) is 0. The lowest BCUT2D eigenvalue weighted by Gasteiger charge is -1.94. The normalized spacial score (nSPS) is 10.7. The highest BCUT2D eigenvalue weighted by Gasteiger charge is 2.00. The van der Waals surface area contributed by atoms with Crippen LogP contribution in [-0.2, 0) is 7.05 Å². The molecule has 1 aromatic rings. The Morgan fingerprint density at radius 1 is 1.56 bits per heavy atom. The van der Waals surface area contributed by atoms with E-state index >= 15 is 0 Å². The van der Waals surface area contributed by atoms with E-state index < -0.39 is 0 Å². The number of hydrogen-bond donors (Lipinski definition) is 0. The molecule has 0 aliphatic rings. The second-order valence-electron chi connectivity index (χ2n) is 2.42. The van der Waals surface area contributed by atoms with Crippen LogP contribution in [0.1, 0.15) is 19.5 Å². The molecule has 0 saturated carbocycles. The Bertz CT molecular complexity index is 189. The van der Waals surface area contributed by atoms with Crippen molar-refractivity contribution in [3.63, 3.8) is 0 Å². The number of nitrogens with zero attached hydrogens (tertiary/aromatic N) is 2. The zero-order valence-corrected chi connectivity index (χ0v) is 6.05. The first-order valence-electron chi connectivity index (χ1n) is 2.98. The van der Waals surface area contributed by atoms with E-state index in [0.717, 1.165) is 5.69 Å². The molecule has 1 aromatic heterocycles. The average Bonchev–Trinajstić information content (AvgIpc) is 2.14. The zero-order valence-electron chi connectivity index (χ0n) is 6.05. The summed E-state index contributed by atoms with van der Waals surface area (Å²) in [5, 5.41) is 0. The zero-order chi connectivity index (χ0) is 6.85. The van der Waals surface area contributed by atoms with Crippen molar-refractivity contribution >= 4 is 0 Å². The van der Waals surface area contributed by atoms with Crippen molar-refractivity contribution in [2.24, 2.45) is 7.05 Å². The SMILES string of the molecule is C[C](C)c1cn(C)cn1. The Morgan fingerprint density at radius 2 is 2.22 bits per heavy atom. The molecule has 0 saturated heterocycles. The van der Waals surface area contributed by atoms with Gasteiger partial charge >= 0.3 is 0 Å². The summed E-state index contributed by atoms with van der Waals surface area (Å²) in [7, 11) is 1.97. The van der Waals surface area contributed by atoms with Gasteiger partial charge in [0.15, 0.2) is 0 Å². The van der Waals surface area contributed by atoms with Gasteiger partial charge in [0.25, 0.3) is 0 Å². The minimum Gasteiger partial charge on any atom is -0.340 e. The second kappa shape index (κ2) is 2.21. The van der Waals surface area contributed by atoms with E-state index in [1.165, 1.54) is 5.92 Å². The molecular weight excluding hydrogens is 112 g/mol. The Balaban J connectivity index is 2.85. The van der Waals surface area contributed by atoms with Gasteiger partial charge in [-0.2, -0.15) is 0 Å². The Hall–Kier alpha value is -0.790. The van der Waals surface area contributed by atoms with Gasteiger partial charge in [-0.25, -0.2) is 4.98 Å². The van der Waals surface area contributed by atoms with E-state index in [1.54, 1.807) is 0 Å². The highest BCUT2D eigenvalue weighted by Crippen LogP contribution is 2.07. The van der Waals surface area contributed by atoms with E-state index in [1.807, 2.05) is 24.1 Å². The van der Waals surface area contributed by atoms with E-state index in [9.17, 15) is 0 Å². The largest absolute Gasteiger partial charge is 0.340 e. The summed E-state index contributed by atoms with van der Waals surface area (Å²) in [6.07, 6.45) is 3.82. The molecule has 49 valence electrons. The van der Waals surface area contributed by atoms with Crippen molar-refractivity contribution in [2.45, 2.75) is 13.8 Å². The summed E-state index contributed by atoms with van der Waals surface area (Å²) in [6.45, 7) is 4.12. The topological polar surface area (TPSA) is 17.8 Å². The molecule has 0 unspecified atom stereocenters. The van der Waals surface area contributed by atoms with Gasteiger partial charge in [-0.05, 0) is 0 Å². The Labute approximate surface area is 55.5 Å².